The van der Waals surface area contributed by atoms with Crippen LogP contribution in [0, 0.1) is 6.92 Å². The summed E-state index contributed by atoms with van der Waals surface area (Å²) in [6.07, 6.45) is 1.73. The zero-order valence-electron chi connectivity index (χ0n) is 5.16. The Morgan fingerprint density at radius 1 is 1.67 bits per heavy atom. The van der Waals surface area contributed by atoms with Gasteiger partial charge in [-0.25, -0.2) is 9.97 Å². The van der Waals surface area contributed by atoms with Gasteiger partial charge in [0, 0.05) is 11.9 Å². The van der Waals surface area contributed by atoms with Gasteiger partial charge < -0.3 is 12.6 Å². The molecule has 48 valence electrons. The first-order valence-corrected chi connectivity index (χ1v) is 3.27. The molecule has 1 rings (SSSR count). The molecule has 0 fully saturated rings. The Bertz CT molecular complexity index is 200. The topological polar surface area (TPSA) is 25.8 Å². The maximum Gasteiger partial charge on any atom is 0.104 e. The second kappa shape index (κ2) is 2.82. The van der Waals surface area contributed by atoms with E-state index in [1.54, 1.807) is 6.20 Å². The van der Waals surface area contributed by atoms with Crippen molar-refractivity contribution in [1.82, 2.24) is 9.97 Å². The number of aromatic nitrogens is 2. The van der Waals surface area contributed by atoms with Gasteiger partial charge in [0.2, 0.25) is 0 Å². The van der Waals surface area contributed by atoms with Crippen molar-refractivity contribution in [3.8, 4) is 0 Å². The van der Waals surface area contributed by atoms with Crippen molar-refractivity contribution in [3.05, 3.63) is 23.8 Å². The molecule has 1 aromatic rings. The molecule has 0 saturated heterocycles. The lowest BCUT2D eigenvalue weighted by Crippen LogP contribution is -1.92. The zero-order chi connectivity index (χ0) is 6.69. The average Bonchev–Trinajstić information content (AvgIpc) is 1.88. The van der Waals surface area contributed by atoms with Crippen molar-refractivity contribution >= 4 is 12.6 Å². The summed E-state index contributed by atoms with van der Waals surface area (Å²) in [6.45, 7) is 1.93. The highest BCUT2D eigenvalue weighted by Gasteiger charge is 1.85. The lowest BCUT2D eigenvalue weighted by Gasteiger charge is -2.00. The van der Waals surface area contributed by atoms with E-state index in [1.165, 1.54) is 0 Å². The molecule has 0 aliphatic heterocycles. The van der Waals surface area contributed by atoms with Gasteiger partial charge in [0.05, 0.1) is 0 Å². The zero-order valence-corrected chi connectivity index (χ0v) is 5.98. The molecule has 0 spiro atoms. The standard InChI is InChI=1S/C6H8N2S/c1-5-2-3-7-6(4-9)8-5/h2-3,9H,4H2,1H3/p-1. The third-order valence-electron chi connectivity index (χ3n) is 0.974. The number of hydrogen-bond acceptors (Lipinski definition) is 3. The van der Waals surface area contributed by atoms with Gasteiger partial charge >= 0.3 is 0 Å². The van der Waals surface area contributed by atoms with Crippen LogP contribution in [-0.4, -0.2) is 9.97 Å². The van der Waals surface area contributed by atoms with Gasteiger partial charge in [-0.15, -0.1) is 5.75 Å². The summed E-state index contributed by atoms with van der Waals surface area (Å²) in [5.41, 5.74) is 0.977. The Balaban J connectivity index is 2.94. The van der Waals surface area contributed by atoms with Crippen LogP contribution in [0.25, 0.3) is 0 Å². The highest BCUT2D eigenvalue weighted by atomic mass is 32.1. The smallest absolute Gasteiger partial charge is 0.104 e. The summed E-state index contributed by atoms with van der Waals surface area (Å²) >= 11 is 4.75. The van der Waals surface area contributed by atoms with E-state index in [0.29, 0.717) is 5.75 Å². The van der Waals surface area contributed by atoms with E-state index in [9.17, 15) is 0 Å². The normalized spacial score (nSPS) is 9.56. The average molecular weight is 139 g/mol. The van der Waals surface area contributed by atoms with Crippen LogP contribution in [0.3, 0.4) is 0 Å². The molecule has 0 bridgehead atoms. The molecule has 0 aromatic carbocycles. The summed E-state index contributed by atoms with van der Waals surface area (Å²) < 4.78 is 0. The predicted octanol–water partition coefficient (Wildman–Crippen LogP) is 0.832. The van der Waals surface area contributed by atoms with Crippen molar-refractivity contribution < 1.29 is 0 Å². The minimum absolute atomic E-state index is 0.502. The second-order valence-electron chi connectivity index (χ2n) is 1.76. The molecule has 0 atom stereocenters. The molecule has 0 N–H and O–H groups in total. The van der Waals surface area contributed by atoms with Crippen LogP contribution in [0.4, 0.5) is 0 Å². The van der Waals surface area contributed by atoms with Gasteiger partial charge in [-0.1, -0.05) is 0 Å². The highest BCUT2D eigenvalue weighted by Crippen LogP contribution is 1.91. The lowest BCUT2D eigenvalue weighted by molar-refractivity contribution is 0.998. The van der Waals surface area contributed by atoms with Gasteiger partial charge in [0.1, 0.15) is 5.82 Å². The van der Waals surface area contributed by atoms with Gasteiger partial charge in [0.25, 0.3) is 0 Å². The van der Waals surface area contributed by atoms with Crippen LogP contribution in [0.5, 0.6) is 0 Å². The third-order valence-corrected chi connectivity index (χ3v) is 1.23. The SMILES string of the molecule is Cc1ccnc(C[S-])n1. The summed E-state index contributed by atoms with van der Waals surface area (Å²) in [7, 11) is 0. The molecule has 0 radical (unpaired) electrons. The molecule has 1 aromatic heterocycles. The minimum atomic E-state index is 0.502. The molecule has 0 aliphatic carbocycles. The summed E-state index contributed by atoms with van der Waals surface area (Å²) in [5, 5.41) is 0. The van der Waals surface area contributed by atoms with Crippen LogP contribution in [0.2, 0.25) is 0 Å². The van der Waals surface area contributed by atoms with Crippen molar-refractivity contribution in [2.24, 2.45) is 0 Å². The highest BCUT2D eigenvalue weighted by molar-refractivity contribution is 7.57. The van der Waals surface area contributed by atoms with Crippen molar-refractivity contribution in [2.75, 3.05) is 0 Å². The Morgan fingerprint density at radius 3 is 2.89 bits per heavy atom. The van der Waals surface area contributed by atoms with E-state index < -0.39 is 0 Å². The Kier molecular flexibility index (Phi) is 2.05. The van der Waals surface area contributed by atoms with Gasteiger partial charge in [-0.3, -0.25) is 0 Å². The Morgan fingerprint density at radius 2 is 2.44 bits per heavy atom. The molecule has 0 amide bonds. The van der Waals surface area contributed by atoms with Crippen LogP contribution < -0.4 is 0 Å². The van der Waals surface area contributed by atoms with Crippen LogP contribution >= 0.6 is 0 Å². The largest absolute Gasteiger partial charge is 0.785 e. The van der Waals surface area contributed by atoms with Gasteiger partial charge in [-0.05, 0) is 13.0 Å². The van der Waals surface area contributed by atoms with Crippen molar-refractivity contribution in [3.63, 3.8) is 0 Å². The first-order chi connectivity index (χ1) is 4.33. The second-order valence-corrected chi connectivity index (χ2v) is 2.05. The number of hydrogen-bond donors (Lipinski definition) is 0. The first kappa shape index (κ1) is 6.55. The number of nitrogens with zero attached hydrogens (tertiary/aromatic N) is 2. The van der Waals surface area contributed by atoms with E-state index in [2.05, 4.69) is 9.97 Å². The Hall–Kier alpha value is -0.570. The number of rotatable bonds is 1. The lowest BCUT2D eigenvalue weighted by atomic mass is 10.4. The number of aryl methyl sites for hydroxylation is 1. The summed E-state index contributed by atoms with van der Waals surface area (Å²) in [6, 6.07) is 1.86. The summed E-state index contributed by atoms with van der Waals surface area (Å²) in [4.78, 5) is 8.02. The molecular formula is C6H7N2S-. The van der Waals surface area contributed by atoms with Crippen molar-refractivity contribution in [1.29, 1.82) is 0 Å². The molecule has 0 saturated carbocycles. The molecular weight excluding hydrogens is 132 g/mol. The fourth-order valence-corrected chi connectivity index (χ4v) is 0.710. The molecule has 9 heavy (non-hydrogen) atoms. The quantitative estimate of drug-likeness (QED) is 0.539. The van der Waals surface area contributed by atoms with E-state index in [4.69, 9.17) is 12.6 Å². The molecule has 1 heterocycles. The monoisotopic (exact) mass is 139 g/mol. The van der Waals surface area contributed by atoms with Gasteiger partial charge in [0.15, 0.2) is 0 Å². The van der Waals surface area contributed by atoms with Crippen molar-refractivity contribution in [2.45, 2.75) is 12.7 Å². The Labute approximate surface area is 59.8 Å². The molecule has 0 unspecified atom stereocenters. The predicted molar refractivity (Wildman–Crippen MR) is 37.8 cm³/mol. The van der Waals surface area contributed by atoms with E-state index in [0.717, 1.165) is 11.5 Å². The van der Waals surface area contributed by atoms with E-state index in [-0.39, 0.29) is 0 Å². The first-order valence-electron chi connectivity index (χ1n) is 2.69. The fourth-order valence-electron chi connectivity index (χ4n) is 0.570. The van der Waals surface area contributed by atoms with Crippen LogP contribution in [-0.2, 0) is 18.4 Å². The van der Waals surface area contributed by atoms with E-state index >= 15 is 0 Å². The van der Waals surface area contributed by atoms with E-state index in [1.807, 2.05) is 13.0 Å². The fraction of sp³-hybridized carbons (Fsp3) is 0.333. The molecule has 0 aliphatic rings. The third kappa shape index (κ3) is 1.68. The summed E-state index contributed by atoms with van der Waals surface area (Å²) in [5.74, 6) is 1.24. The maximum atomic E-state index is 4.75. The molecule has 2 nitrogen and oxygen atoms in total. The molecule has 3 heteroatoms. The van der Waals surface area contributed by atoms with Crippen LogP contribution in [0.15, 0.2) is 12.3 Å². The minimum Gasteiger partial charge on any atom is -0.785 e. The van der Waals surface area contributed by atoms with Gasteiger partial charge in [-0.2, -0.15) is 0 Å². The maximum absolute atomic E-state index is 4.75. The van der Waals surface area contributed by atoms with Crippen LogP contribution in [0.1, 0.15) is 11.5 Å².